The predicted octanol–water partition coefficient (Wildman–Crippen LogP) is 4.70. The molecular weight excluding hydrogens is 392 g/mol. The number of hydrogen-bond donors (Lipinski definition) is 1. The third-order valence-corrected chi connectivity index (χ3v) is 5.82. The second-order valence-corrected chi connectivity index (χ2v) is 7.77. The minimum absolute atomic E-state index is 0.0116. The zero-order valence-corrected chi connectivity index (χ0v) is 17.2. The van der Waals surface area contributed by atoms with Gasteiger partial charge in [-0.2, -0.15) is 0 Å². The number of aromatic nitrogens is 2. The average Bonchev–Trinajstić information content (AvgIpc) is 3.52. The van der Waals surface area contributed by atoms with Crippen molar-refractivity contribution in [2.24, 2.45) is 0 Å². The molecule has 0 amide bonds. The Bertz CT molecular complexity index is 1110. The van der Waals surface area contributed by atoms with Crippen LogP contribution in [-0.2, 0) is 13.1 Å². The molecule has 0 unspecified atom stereocenters. The van der Waals surface area contributed by atoms with Gasteiger partial charge in [0.25, 0.3) is 0 Å². The highest BCUT2D eigenvalue weighted by molar-refractivity contribution is 7.80. The minimum atomic E-state index is -0.0346. The van der Waals surface area contributed by atoms with E-state index in [1.54, 1.807) is 6.26 Å². The fourth-order valence-corrected chi connectivity index (χ4v) is 4.39. The van der Waals surface area contributed by atoms with E-state index in [1.807, 2.05) is 36.5 Å². The average molecular weight is 415 g/mol. The number of thiocarbonyl (C=S) groups is 1. The fourth-order valence-electron chi connectivity index (χ4n) is 4.09. The van der Waals surface area contributed by atoms with E-state index in [4.69, 9.17) is 16.6 Å². The summed E-state index contributed by atoms with van der Waals surface area (Å²) in [5.41, 5.74) is 3.37. The molecule has 0 saturated carbocycles. The van der Waals surface area contributed by atoms with Crippen molar-refractivity contribution >= 4 is 17.3 Å². The van der Waals surface area contributed by atoms with Gasteiger partial charge in [-0.25, -0.2) is 0 Å². The molecule has 3 aromatic heterocycles. The summed E-state index contributed by atoms with van der Waals surface area (Å²) >= 11 is 5.79. The highest BCUT2D eigenvalue weighted by Gasteiger charge is 2.41. The van der Waals surface area contributed by atoms with Crippen LogP contribution in [-0.4, -0.2) is 19.6 Å². The van der Waals surface area contributed by atoms with Crippen LogP contribution in [0.1, 0.15) is 34.8 Å². The lowest BCUT2D eigenvalue weighted by molar-refractivity contribution is 0.296. The first-order valence-electron chi connectivity index (χ1n) is 9.99. The molecule has 150 valence electrons. The molecule has 1 aliphatic heterocycles. The van der Waals surface area contributed by atoms with Gasteiger partial charge >= 0.3 is 0 Å². The van der Waals surface area contributed by atoms with Crippen molar-refractivity contribution in [3.05, 3.63) is 114 Å². The van der Waals surface area contributed by atoms with Crippen LogP contribution >= 0.6 is 12.2 Å². The summed E-state index contributed by atoms with van der Waals surface area (Å²) in [7, 11) is 0. The Kier molecular flexibility index (Phi) is 5.07. The van der Waals surface area contributed by atoms with Gasteiger partial charge in [0.15, 0.2) is 5.11 Å². The number of nitrogens with one attached hydrogen (secondary N) is 1. The van der Waals surface area contributed by atoms with Gasteiger partial charge < -0.3 is 19.2 Å². The van der Waals surface area contributed by atoms with Crippen molar-refractivity contribution in [1.82, 2.24) is 19.8 Å². The summed E-state index contributed by atoms with van der Waals surface area (Å²) in [6, 6.07) is 24.6. The molecule has 5 rings (SSSR count). The number of nitrogens with zero attached hydrogens (tertiary/aromatic N) is 3. The van der Waals surface area contributed by atoms with Gasteiger partial charge in [-0.15, -0.1) is 0 Å². The Morgan fingerprint density at radius 2 is 1.80 bits per heavy atom. The Labute approximate surface area is 181 Å². The standard InChI is InChI=1S/C24H22N4OS/c30-24-26-22(20-11-4-5-13-25-20)23(28(24)16-18-8-2-1-3-9-18)21-12-6-14-27(21)17-19-10-7-15-29-19/h1-15,22-23H,16-17H2,(H,26,30)/t22-,23+/m0/s1. The maximum absolute atomic E-state index is 5.79. The first-order chi connectivity index (χ1) is 14.8. The molecule has 6 heteroatoms. The highest BCUT2D eigenvalue weighted by Crippen LogP contribution is 2.39. The quantitative estimate of drug-likeness (QED) is 0.464. The molecule has 1 aliphatic rings. The lowest BCUT2D eigenvalue weighted by Gasteiger charge is -2.29. The Balaban J connectivity index is 1.54. The van der Waals surface area contributed by atoms with E-state index in [0.29, 0.717) is 6.54 Å². The summed E-state index contributed by atoms with van der Waals surface area (Å²) < 4.78 is 7.82. The van der Waals surface area contributed by atoms with Gasteiger partial charge in [0.1, 0.15) is 5.76 Å². The largest absolute Gasteiger partial charge is 0.467 e. The van der Waals surface area contributed by atoms with Crippen LogP contribution in [0.3, 0.4) is 0 Å². The number of furan rings is 1. The summed E-state index contributed by atoms with van der Waals surface area (Å²) in [6.45, 7) is 1.40. The number of pyridine rings is 1. The maximum Gasteiger partial charge on any atom is 0.170 e. The second-order valence-electron chi connectivity index (χ2n) is 7.38. The van der Waals surface area contributed by atoms with Crippen LogP contribution in [0.5, 0.6) is 0 Å². The van der Waals surface area contributed by atoms with Gasteiger partial charge in [0.05, 0.1) is 30.6 Å². The topological polar surface area (TPSA) is 46.2 Å². The SMILES string of the molecule is S=C1N[C@@H](c2ccccn2)[C@@H](c2cccn2Cc2ccco2)N1Cc1ccccc1. The van der Waals surface area contributed by atoms with Crippen molar-refractivity contribution < 1.29 is 4.42 Å². The molecule has 2 atom stereocenters. The first kappa shape index (κ1) is 18.6. The minimum Gasteiger partial charge on any atom is -0.467 e. The van der Waals surface area contributed by atoms with Crippen LogP contribution in [0.2, 0.25) is 0 Å². The number of rotatable bonds is 6. The first-order valence-corrected chi connectivity index (χ1v) is 10.4. The van der Waals surface area contributed by atoms with Crippen molar-refractivity contribution in [1.29, 1.82) is 0 Å². The van der Waals surface area contributed by atoms with E-state index in [-0.39, 0.29) is 12.1 Å². The molecule has 0 spiro atoms. The molecule has 4 aromatic rings. The molecule has 0 radical (unpaired) electrons. The van der Waals surface area contributed by atoms with Gasteiger partial charge in [-0.05, 0) is 54.2 Å². The van der Waals surface area contributed by atoms with Crippen LogP contribution in [0.15, 0.2) is 95.9 Å². The van der Waals surface area contributed by atoms with Crippen molar-refractivity contribution in [2.75, 3.05) is 0 Å². The molecule has 4 heterocycles. The molecule has 1 saturated heterocycles. The maximum atomic E-state index is 5.79. The molecule has 30 heavy (non-hydrogen) atoms. The van der Waals surface area contributed by atoms with E-state index in [0.717, 1.165) is 23.1 Å². The van der Waals surface area contributed by atoms with Crippen molar-refractivity contribution in [3.8, 4) is 0 Å². The molecule has 5 nitrogen and oxygen atoms in total. The van der Waals surface area contributed by atoms with Gasteiger partial charge in [-0.3, -0.25) is 4.98 Å². The second kappa shape index (κ2) is 8.16. The summed E-state index contributed by atoms with van der Waals surface area (Å²) in [6.07, 6.45) is 5.64. The molecule has 1 N–H and O–H groups in total. The zero-order chi connectivity index (χ0) is 20.3. The van der Waals surface area contributed by atoms with Gasteiger partial charge in [-0.1, -0.05) is 36.4 Å². The van der Waals surface area contributed by atoms with E-state index < -0.39 is 0 Å². The van der Waals surface area contributed by atoms with E-state index in [1.165, 1.54) is 11.3 Å². The van der Waals surface area contributed by atoms with Crippen LogP contribution in [0.4, 0.5) is 0 Å². The lowest BCUT2D eigenvalue weighted by atomic mass is 10.0. The fraction of sp³-hybridized carbons (Fsp3) is 0.167. The highest BCUT2D eigenvalue weighted by atomic mass is 32.1. The van der Waals surface area contributed by atoms with E-state index in [9.17, 15) is 0 Å². The molecule has 1 fully saturated rings. The molecule has 0 bridgehead atoms. The summed E-state index contributed by atoms with van der Waals surface area (Å²) in [5, 5.41) is 4.26. The summed E-state index contributed by atoms with van der Waals surface area (Å²) in [5.74, 6) is 0.921. The zero-order valence-electron chi connectivity index (χ0n) is 16.4. The van der Waals surface area contributed by atoms with Crippen molar-refractivity contribution in [3.63, 3.8) is 0 Å². The molecule has 1 aromatic carbocycles. The Hall–Kier alpha value is -3.38. The number of hydrogen-bond acceptors (Lipinski definition) is 3. The predicted molar refractivity (Wildman–Crippen MR) is 120 cm³/mol. The van der Waals surface area contributed by atoms with E-state index >= 15 is 0 Å². The normalized spacial score (nSPS) is 18.5. The Morgan fingerprint density at radius 3 is 2.57 bits per heavy atom. The monoisotopic (exact) mass is 414 g/mol. The van der Waals surface area contributed by atoms with Gasteiger partial charge in [0, 0.05) is 24.6 Å². The summed E-state index contributed by atoms with van der Waals surface area (Å²) in [4.78, 5) is 6.89. The lowest BCUT2D eigenvalue weighted by Crippen LogP contribution is -2.30. The van der Waals surface area contributed by atoms with Crippen LogP contribution in [0, 0.1) is 0 Å². The number of benzene rings is 1. The van der Waals surface area contributed by atoms with Crippen LogP contribution < -0.4 is 5.32 Å². The van der Waals surface area contributed by atoms with E-state index in [2.05, 4.69) is 68.4 Å². The smallest absolute Gasteiger partial charge is 0.170 e. The third-order valence-electron chi connectivity index (χ3n) is 5.47. The third kappa shape index (κ3) is 3.62. The Morgan fingerprint density at radius 1 is 0.933 bits per heavy atom. The molecular formula is C24H22N4OS. The van der Waals surface area contributed by atoms with Crippen LogP contribution in [0.25, 0.3) is 0 Å². The van der Waals surface area contributed by atoms with Crippen molar-refractivity contribution in [2.45, 2.75) is 25.2 Å². The van der Waals surface area contributed by atoms with Gasteiger partial charge in [0.2, 0.25) is 0 Å². The molecule has 0 aliphatic carbocycles.